The number of hydrogen-bond donors (Lipinski definition) is 0. The molecule has 2 heterocycles. The Hall–Kier alpha value is -1.49. The van der Waals surface area contributed by atoms with E-state index >= 15 is 0 Å². The third-order valence-electron chi connectivity index (χ3n) is 3.38. The first-order valence-corrected chi connectivity index (χ1v) is 6.85. The van der Waals surface area contributed by atoms with E-state index in [1.54, 1.807) is 13.3 Å². The molecule has 0 spiro atoms. The molecule has 0 unspecified atom stereocenters. The summed E-state index contributed by atoms with van der Waals surface area (Å²) in [7, 11) is 3.83. The summed E-state index contributed by atoms with van der Waals surface area (Å²) in [6.07, 6.45) is 2.86. The van der Waals surface area contributed by atoms with Crippen LogP contribution < -0.4 is 14.4 Å². The second-order valence-corrected chi connectivity index (χ2v) is 4.78. The lowest BCUT2D eigenvalue weighted by atomic mass is 10.3. The Kier molecular flexibility index (Phi) is 4.85. The van der Waals surface area contributed by atoms with Crippen molar-refractivity contribution in [3.63, 3.8) is 0 Å². The molecule has 1 aromatic rings. The summed E-state index contributed by atoms with van der Waals surface area (Å²) >= 11 is 0. The first kappa shape index (κ1) is 13.9. The van der Waals surface area contributed by atoms with Gasteiger partial charge in [-0.25, -0.2) is 4.98 Å². The number of methoxy groups -OCH3 is 1. The van der Waals surface area contributed by atoms with Crippen LogP contribution in [0.1, 0.15) is 13.3 Å². The number of rotatable bonds is 4. The van der Waals surface area contributed by atoms with Crippen LogP contribution in [0.3, 0.4) is 0 Å². The van der Waals surface area contributed by atoms with E-state index in [1.165, 1.54) is 0 Å². The van der Waals surface area contributed by atoms with Gasteiger partial charge in [0.2, 0.25) is 5.88 Å². The van der Waals surface area contributed by atoms with Gasteiger partial charge in [-0.15, -0.1) is 0 Å². The van der Waals surface area contributed by atoms with Crippen molar-refractivity contribution in [2.24, 2.45) is 0 Å². The van der Waals surface area contributed by atoms with Gasteiger partial charge in [0, 0.05) is 25.7 Å². The quantitative estimate of drug-likeness (QED) is 0.827. The largest absolute Gasteiger partial charge is 0.495 e. The van der Waals surface area contributed by atoms with Crippen molar-refractivity contribution in [2.45, 2.75) is 13.3 Å². The molecule has 106 valence electrons. The van der Waals surface area contributed by atoms with Crippen LogP contribution in [-0.4, -0.2) is 56.8 Å². The molecule has 1 saturated heterocycles. The molecule has 1 fully saturated rings. The maximum Gasteiger partial charge on any atom is 0.237 e. The fourth-order valence-corrected chi connectivity index (χ4v) is 2.30. The predicted octanol–water partition coefficient (Wildman–Crippen LogP) is 1.63. The standard InChI is InChI=1S/C14H23N3O2/c1-4-19-14-13(10-12(18-3)11-15-14)17-7-5-6-16(2)8-9-17/h10-11H,4-9H2,1-3H3. The lowest BCUT2D eigenvalue weighted by molar-refractivity contribution is 0.324. The lowest BCUT2D eigenvalue weighted by Gasteiger charge is -2.24. The molecule has 0 N–H and O–H groups in total. The molecule has 0 atom stereocenters. The lowest BCUT2D eigenvalue weighted by Crippen LogP contribution is -2.29. The monoisotopic (exact) mass is 265 g/mol. The first-order chi connectivity index (χ1) is 9.24. The van der Waals surface area contributed by atoms with E-state index in [0.717, 1.165) is 44.0 Å². The Bertz CT molecular complexity index is 412. The fourth-order valence-electron chi connectivity index (χ4n) is 2.30. The Morgan fingerprint density at radius 3 is 2.84 bits per heavy atom. The van der Waals surface area contributed by atoms with E-state index in [0.29, 0.717) is 12.5 Å². The smallest absolute Gasteiger partial charge is 0.237 e. The summed E-state index contributed by atoms with van der Waals surface area (Å²) in [5.74, 6) is 1.48. The number of anilines is 1. The van der Waals surface area contributed by atoms with Crippen LogP contribution in [0.25, 0.3) is 0 Å². The summed E-state index contributed by atoms with van der Waals surface area (Å²) in [5.41, 5.74) is 1.04. The highest BCUT2D eigenvalue weighted by atomic mass is 16.5. The normalized spacial score (nSPS) is 17.1. The van der Waals surface area contributed by atoms with Crippen LogP contribution in [0.2, 0.25) is 0 Å². The summed E-state index contributed by atoms with van der Waals surface area (Å²) in [6, 6.07) is 2.02. The molecule has 1 aromatic heterocycles. The van der Waals surface area contributed by atoms with Gasteiger partial charge in [-0.1, -0.05) is 0 Å². The average Bonchev–Trinajstić information content (AvgIpc) is 2.64. The highest BCUT2D eigenvalue weighted by Crippen LogP contribution is 2.30. The predicted molar refractivity (Wildman–Crippen MR) is 76.3 cm³/mol. The molecule has 0 saturated carbocycles. The zero-order chi connectivity index (χ0) is 13.7. The van der Waals surface area contributed by atoms with E-state index in [4.69, 9.17) is 9.47 Å². The van der Waals surface area contributed by atoms with Gasteiger partial charge in [0.05, 0.1) is 19.9 Å². The highest BCUT2D eigenvalue weighted by Gasteiger charge is 2.18. The van der Waals surface area contributed by atoms with Gasteiger partial charge in [0.1, 0.15) is 11.4 Å². The molecular weight excluding hydrogens is 242 g/mol. The zero-order valence-corrected chi connectivity index (χ0v) is 12.1. The van der Waals surface area contributed by atoms with Crippen molar-refractivity contribution >= 4 is 5.69 Å². The van der Waals surface area contributed by atoms with Crippen molar-refractivity contribution in [1.82, 2.24) is 9.88 Å². The van der Waals surface area contributed by atoms with E-state index in [9.17, 15) is 0 Å². The number of hydrogen-bond acceptors (Lipinski definition) is 5. The topological polar surface area (TPSA) is 37.8 Å². The molecule has 0 bridgehead atoms. The molecule has 1 aliphatic heterocycles. The minimum Gasteiger partial charge on any atom is -0.495 e. The molecule has 0 amide bonds. The van der Waals surface area contributed by atoms with Crippen molar-refractivity contribution in [1.29, 1.82) is 0 Å². The van der Waals surface area contributed by atoms with Gasteiger partial charge in [0.15, 0.2) is 0 Å². The van der Waals surface area contributed by atoms with Crippen LogP contribution in [0.5, 0.6) is 11.6 Å². The summed E-state index contributed by atoms with van der Waals surface area (Å²) in [6.45, 7) is 6.82. The van der Waals surface area contributed by atoms with Gasteiger partial charge in [-0.2, -0.15) is 0 Å². The Morgan fingerprint density at radius 1 is 1.26 bits per heavy atom. The molecule has 0 aromatic carbocycles. The third-order valence-corrected chi connectivity index (χ3v) is 3.38. The molecule has 5 nitrogen and oxygen atoms in total. The number of likely N-dealkylation sites (N-methyl/N-ethyl adjacent to an activating group) is 1. The Balaban J connectivity index is 2.24. The number of nitrogens with zero attached hydrogens (tertiary/aromatic N) is 3. The maximum absolute atomic E-state index is 5.64. The molecule has 2 rings (SSSR count). The SMILES string of the molecule is CCOc1ncc(OC)cc1N1CCCN(C)CC1. The zero-order valence-electron chi connectivity index (χ0n) is 12.1. The molecule has 0 radical (unpaired) electrons. The maximum atomic E-state index is 5.64. The van der Waals surface area contributed by atoms with Crippen molar-refractivity contribution in [3.05, 3.63) is 12.3 Å². The summed E-state index contributed by atoms with van der Waals surface area (Å²) in [5, 5.41) is 0. The second kappa shape index (κ2) is 6.61. The van der Waals surface area contributed by atoms with Crippen LogP contribution in [0.15, 0.2) is 12.3 Å². The average molecular weight is 265 g/mol. The Morgan fingerprint density at radius 2 is 2.11 bits per heavy atom. The van der Waals surface area contributed by atoms with Crippen LogP contribution in [-0.2, 0) is 0 Å². The highest BCUT2D eigenvalue weighted by molar-refractivity contribution is 5.58. The minimum atomic E-state index is 0.625. The molecule has 5 heteroatoms. The molecule has 1 aliphatic rings. The van der Waals surface area contributed by atoms with Gasteiger partial charge in [0.25, 0.3) is 0 Å². The first-order valence-electron chi connectivity index (χ1n) is 6.85. The van der Waals surface area contributed by atoms with Crippen molar-refractivity contribution in [3.8, 4) is 11.6 Å². The summed E-state index contributed by atoms with van der Waals surface area (Å²) in [4.78, 5) is 9.05. The minimum absolute atomic E-state index is 0.625. The second-order valence-electron chi connectivity index (χ2n) is 4.78. The van der Waals surface area contributed by atoms with Gasteiger partial charge in [-0.3, -0.25) is 0 Å². The van der Waals surface area contributed by atoms with E-state index < -0.39 is 0 Å². The Labute approximate surface area is 115 Å². The third kappa shape index (κ3) is 3.50. The van der Waals surface area contributed by atoms with Crippen LogP contribution in [0.4, 0.5) is 5.69 Å². The molecular formula is C14H23N3O2. The van der Waals surface area contributed by atoms with Crippen molar-refractivity contribution < 1.29 is 9.47 Å². The fraction of sp³-hybridized carbons (Fsp3) is 0.643. The van der Waals surface area contributed by atoms with Gasteiger partial charge < -0.3 is 19.3 Å². The van der Waals surface area contributed by atoms with E-state index in [-0.39, 0.29) is 0 Å². The molecule has 0 aliphatic carbocycles. The molecule has 19 heavy (non-hydrogen) atoms. The van der Waals surface area contributed by atoms with Crippen LogP contribution in [0, 0.1) is 0 Å². The summed E-state index contributed by atoms with van der Waals surface area (Å²) < 4.78 is 10.9. The van der Waals surface area contributed by atoms with E-state index in [2.05, 4.69) is 21.8 Å². The number of ether oxygens (including phenoxy) is 2. The number of aromatic nitrogens is 1. The van der Waals surface area contributed by atoms with Crippen molar-refractivity contribution in [2.75, 3.05) is 51.8 Å². The van der Waals surface area contributed by atoms with Gasteiger partial charge in [-0.05, 0) is 26.9 Å². The van der Waals surface area contributed by atoms with E-state index in [1.807, 2.05) is 13.0 Å². The van der Waals surface area contributed by atoms with Crippen LogP contribution >= 0.6 is 0 Å². The number of pyridine rings is 1. The van der Waals surface area contributed by atoms with Gasteiger partial charge >= 0.3 is 0 Å².